The Hall–Kier alpha value is -1.75. The normalized spacial score (nSPS) is 15.5. The first-order chi connectivity index (χ1) is 8.72. The van der Waals surface area contributed by atoms with E-state index < -0.39 is 0 Å². The van der Waals surface area contributed by atoms with Crippen molar-refractivity contribution in [3.05, 3.63) is 23.8 Å². The third-order valence-electron chi connectivity index (χ3n) is 2.91. The lowest BCUT2D eigenvalue weighted by Crippen LogP contribution is -2.46. The molecule has 0 bridgehead atoms. The number of ether oxygens (including phenoxy) is 1. The van der Waals surface area contributed by atoms with Crippen molar-refractivity contribution in [2.24, 2.45) is 0 Å². The zero-order chi connectivity index (χ0) is 13.0. The van der Waals surface area contributed by atoms with Crippen LogP contribution in [0.2, 0.25) is 0 Å². The van der Waals surface area contributed by atoms with Crippen LogP contribution in [-0.2, 0) is 0 Å². The summed E-state index contributed by atoms with van der Waals surface area (Å²) in [5.74, 6) is 0.464. The quantitative estimate of drug-likeness (QED) is 0.834. The van der Waals surface area contributed by atoms with Gasteiger partial charge in [-0.1, -0.05) is 0 Å². The third-order valence-corrected chi connectivity index (χ3v) is 2.91. The van der Waals surface area contributed by atoms with Gasteiger partial charge in [0.25, 0.3) is 5.91 Å². The molecule has 1 aromatic carbocycles. The van der Waals surface area contributed by atoms with Crippen LogP contribution in [0.4, 0.5) is 0 Å². The monoisotopic (exact) mass is 250 g/mol. The molecule has 1 fully saturated rings. The van der Waals surface area contributed by atoms with E-state index in [1.807, 2.05) is 6.92 Å². The lowest BCUT2D eigenvalue weighted by molar-refractivity contribution is 0.0732. The van der Waals surface area contributed by atoms with Crippen molar-refractivity contribution in [1.29, 1.82) is 0 Å². The molecule has 1 heterocycles. The third kappa shape index (κ3) is 2.73. The summed E-state index contributed by atoms with van der Waals surface area (Å²) in [4.78, 5) is 14.0. The molecule has 0 atom stereocenters. The average molecular weight is 250 g/mol. The predicted octanol–water partition coefficient (Wildman–Crippen LogP) is 0.836. The van der Waals surface area contributed by atoms with Gasteiger partial charge in [-0.05, 0) is 25.1 Å². The van der Waals surface area contributed by atoms with Gasteiger partial charge in [0, 0.05) is 26.2 Å². The summed E-state index contributed by atoms with van der Waals surface area (Å²) < 4.78 is 5.34. The Morgan fingerprint density at radius 2 is 2.17 bits per heavy atom. The number of nitrogens with zero attached hydrogens (tertiary/aromatic N) is 1. The van der Waals surface area contributed by atoms with E-state index in [1.54, 1.807) is 17.0 Å². The zero-order valence-corrected chi connectivity index (χ0v) is 10.5. The molecular formula is C13H18N2O3. The number of hydrogen-bond donors (Lipinski definition) is 2. The predicted molar refractivity (Wildman–Crippen MR) is 68.0 cm³/mol. The molecule has 0 saturated carbocycles. The van der Waals surface area contributed by atoms with Gasteiger partial charge in [-0.2, -0.15) is 0 Å². The van der Waals surface area contributed by atoms with Crippen molar-refractivity contribution in [3.63, 3.8) is 0 Å². The van der Waals surface area contributed by atoms with Crippen molar-refractivity contribution in [2.45, 2.75) is 6.92 Å². The van der Waals surface area contributed by atoms with Gasteiger partial charge < -0.3 is 20.1 Å². The summed E-state index contributed by atoms with van der Waals surface area (Å²) in [5, 5.41) is 13.0. The number of amides is 1. The van der Waals surface area contributed by atoms with Gasteiger partial charge >= 0.3 is 0 Å². The maximum absolute atomic E-state index is 12.3. The minimum absolute atomic E-state index is 0.00184. The number of piperazine rings is 1. The van der Waals surface area contributed by atoms with Gasteiger partial charge in [0.1, 0.15) is 11.5 Å². The number of benzene rings is 1. The van der Waals surface area contributed by atoms with E-state index in [2.05, 4.69) is 5.32 Å². The van der Waals surface area contributed by atoms with Gasteiger partial charge in [0.15, 0.2) is 0 Å². The van der Waals surface area contributed by atoms with Crippen LogP contribution in [0.3, 0.4) is 0 Å². The second-order valence-corrected chi connectivity index (χ2v) is 4.15. The van der Waals surface area contributed by atoms with Crippen molar-refractivity contribution in [1.82, 2.24) is 10.2 Å². The molecule has 1 aliphatic heterocycles. The molecule has 0 spiro atoms. The van der Waals surface area contributed by atoms with Crippen LogP contribution in [0.25, 0.3) is 0 Å². The Labute approximate surface area is 106 Å². The number of hydrogen-bond acceptors (Lipinski definition) is 4. The molecule has 1 amide bonds. The molecule has 0 aromatic heterocycles. The standard InChI is InChI=1S/C13H18N2O3/c1-2-18-10-3-4-12(16)11(9-10)13(17)15-7-5-14-6-8-15/h3-4,9,14,16H,2,5-8H2,1H3. The summed E-state index contributed by atoms with van der Waals surface area (Å²) in [6.45, 7) is 5.32. The van der Waals surface area contributed by atoms with Crippen LogP contribution >= 0.6 is 0 Å². The molecule has 5 nitrogen and oxygen atoms in total. The molecule has 0 radical (unpaired) electrons. The first-order valence-corrected chi connectivity index (χ1v) is 6.18. The second-order valence-electron chi connectivity index (χ2n) is 4.15. The molecule has 2 N–H and O–H groups in total. The molecule has 1 aromatic rings. The number of carbonyl (C=O) groups excluding carboxylic acids is 1. The van der Waals surface area contributed by atoms with Crippen LogP contribution in [-0.4, -0.2) is 48.7 Å². The Kier molecular flexibility index (Phi) is 4.04. The van der Waals surface area contributed by atoms with Gasteiger partial charge in [-0.15, -0.1) is 0 Å². The van der Waals surface area contributed by atoms with E-state index in [4.69, 9.17) is 4.74 Å². The van der Waals surface area contributed by atoms with Gasteiger partial charge in [-0.25, -0.2) is 0 Å². The van der Waals surface area contributed by atoms with E-state index in [-0.39, 0.29) is 11.7 Å². The highest BCUT2D eigenvalue weighted by atomic mass is 16.5. The molecule has 5 heteroatoms. The lowest BCUT2D eigenvalue weighted by Gasteiger charge is -2.27. The fraction of sp³-hybridized carbons (Fsp3) is 0.462. The molecule has 1 aliphatic rings. The number of phenols is 1. The minimum atomic E-state index is -0.143. The summed E-state index contributed by atoms with van der Waals surface area (Å²) in [7, 11) is 0. The number of phenolic OH excluding ortho intramolecular Hbond substituents is 1. The zero-order valence-electron chi connectivity index (χ0n) is 10.5. The number of aromatic hydroxyl groups is 1. The van der Waals surface area contributed by atoms with Crippen LogP contribution in [0.1, 0.15) is 17.3 Å². The van der Waals surface area contributed by atoms with Crippen LogP contribution < -0.4 is 10.1 Å². The molecule has 1 saturated heterocycles. The molecule has 98 valence electrons. The first kappa shape index (κ1) is 12.7. The highest BCUT2D eigenvalue weighted by Crippen LogP contribution is 2.24. The molecule has 0 aliphatic carbocycles. The molecular weight excluding hydrogens is 232 g/mol. The summed E-state index contributed by atoms with van der Waals surface area (Å²) in [6.07, 6.45) is 0. The molecule has 2 rings (SSSR count). The first-order valence-electron chi connectivity index (χ1n) is 6.18. The van der Waals surface area contributed by atoms with Crippen molar-refractivity contribution in [2.75, 3.05) is 32.8 Å². The average Bonchev–Trinajstić information content (AvgIpc) is 2.41. The van der Waals surface area contributed by atoms with E-state index in [1.165, 1.54) is 6.07 Å². The fourth-order valence-corrected chi connectivity index (χ4v) is 1.98. The SMILES string of the molecule is CCOc1ccc(O)c(C(=O)N2CCNCC2)c1. The Morgan fingerprint density at radius 1 is 1.44 bits per heavy atom. The van der Waals surface area contributed by atoms with Crippen molar-refractivity contribution in [3.8, 4) is 11.5 Å². The van der Waals surface area contributed by atoms with Gasteiger partial charge in [-0.3, -0.25) is 4.79 Å². The fourth-order valence-electron chi connectivity index (χ4n) is 1.98. The Balaban J connectivity index is 2.19. The summed E-state index contributed by atoms with van der Waals surface area (Å²) in [5.41, 5.74) is 0.308. The smallest absolute Gasteiger partial charge is 0.257 e. The highest BCUT2D eigenvalue weighted by Gasteiger charge is 2.21. The minimum Gasteiger partial charge on any atom is -0.507 e. The van der Waals surface area contributed by atoms with E-state index in [0.29, 0.717) is 31.0 Å². The van der Waals surface area contributed by atoms with E-state index >= 15 is 0 Å². The number of rotatable bonds is 3. The topological polar surface area (TPSA) is 61.8 Å². The Morgan fingerprint density at radius 3 is 2.83 bits per heavy atom. The van der Waals surface area contributed by atoms with Crippen molar-refractivity contribution >= 4 is 5.91 Å². The largest absolute Gasteiger partial charge is 0.507 e. The number of nitrogens with one attached hydrogen (secondary N) is 1. The van der Waals surface area contributed by atoms with Crippen molar-refractivity contribution < 1.29 is 14.6 Å². The van der Waals surface area contributed by atoms with Crippen LogP contribution in [0, 0.1) is 0 Å². The van der Waals surface area contributed by atoms with Crippen LogP contribution in [0.5, 0.6) is 11.5 Å². The Bertz CT molecular complexity index is 428. The molecule has 0 unspecified atom stereocenters. The highest BCUT2D eigenvalue weighted by molar-refractivity contribution is 5.97. The van der Waals surface area contributed by atoms with Crippen LogP contribution in [0.15, 0.2) is 18.2 Å². The second kappa shape index (κ2) is 5.73. The maximum Gasteiger partial charge on any atom is 0.257 e. The summed E-state index contributed by atoms with van der Waals surface area (Å²) in [6, 6.07) is 4.76. The summed E-state index contributed by atoms with van der Waals surface area (Å²) >= 11 is 0. The van der Waals surface area contributed by atoms with Gasteiger partial charge in [0.2, 0.25) is 0 Å². The van der Waals surface area contributed by atoms with E-state index in [0.717, 1.165) is 13.1 Å². The van der Waals surface area contributed by atoms with E-state index in [9.17, 15) is 9.90 Å². The molecule has 18 heavy (non-hydrogen) atoms. The lowest BCUT2D eigenvalue weighted by atomic mass is 10.1. The maximum atomic E-state index is 12.3. The van der Waals surface area contributed by atoms with Gasteiger partial charge in [0.05, 0.1) is 12.2 Å². The number of carbonyl (C=O) groups is 1.